The van der Waals surface area contributed by atoms with Crippen molar-refractivity contribution in [2.75, 3.05) is 46.1 Å². The number of nitrogens with zero attached hydrogens (tertiary/aromatic N) is 1. The van der Waals surface area contributed by atoms with E-state index in [-0.39, 0.29) is 6.10 Å². The highest BCUT2D eigenvalue weighted by Gasteiger charge is 2.50. The van der Waals surface area contributed by atoms with Crippen LogP contribution in [-0.4, -0.2) is 62.2 Å². The Morgan fingerprint density at radius 1 is 1.04 bits per heavy atom. The molecule has 4 nitrogen and oxygen atoms in total. The van der Waals surface area contributed by atoms with E-state index in [1.807, 2.05) is 0 Å². The van der Waals surface area contributed by atoms with Gasteiger partial charge in [0, 0.05) is 26.2 Å². The molecule has 1 atom stereocenters. The first-order chi connectivity index (χ1) is 11.2. The van der Waals surface area contributed by atoms with Gasteiger partial charge in [-0.1, -0.05) is 0 Å². The van der Waals surface area contributed by atoms with Gasteiger partial charge in [0.15, 0.2) is 0 Å². The molecule has 4 saturated carbocycles. The minimum absolute atomic E-state index is 0.357. The van der Waals surface area contributed by atoms with Crippen molar-refractivity contribution in [3.8, 4) is 0 Å². The van der Waals surface area contributed by atoms with Crippen LogP contribution in [0.15, 0.2) is 0 Å². The second-order valence-electron chi connectivity index (χ2n) is 8.81. The average molecular weight is 323 g/mol. The fraction of sp³-hybridized carbons (Fsp3) is 1.00. The molecule has 1 N–H and O–H groups in total. The normalized spacial score (nSPS) is 41.3. The molecule has 5 fully saturated rings. The topological polar surface area (TPSA) is 41.9 Å². The predicted octanol–water partition coefficient (Wildman–Crippen LogP) is 2.30. The molecule has 0 spiro atoms. The van der Waals surface area contributed by atoms with Crippen molar-refractivity contribution in [1.29, 1.82) is 0 Å². The van der Waals surface area contributed by atoms with Crippen molar-refractivity contribution < 1.29 is 14.6 Å². The molecule has 4 heteroatoms. The molecule has 4 aliphatic carbocycles. The van der Waals surface area contributed by atoms with Gasteiger partial charge < -0.3 is 14.6 Å². The summed E-state index contributed by atoms with van der Waals surface area (Å²) in [5.41, 5.74) is 0.601. The molecular formula is C19H33NO3. The Labute approximate surface area is 140 Å². The highest BCUT2D eigenvalue weighted by atomic mass is 16.5. The van der Waals surface area contributed by atoms with Crippen molar-refractivity contribution >= 4 is 0 Å². The standard InChI is InChI=1S/C19H33NO3/c21-18(13-20-2-5-22-6-3-20)14-23-4-1-19-10-15-7-16(11-19)9-17(8-15)12-19/h15-18,21H,1-14H2/t15?,16?,17?,18-,19?/m0/s1. The zero-order chi connectivity index (χ0) is 15.7. The number of aliphatic hydroxyl groups is 1. The third-order valence-corrected chi connectivity index (χ3v) is 6.82. The van der Waals surface area contributed by atoms with Crippen LogP contribution >= 0.6 is 0 Å². The van der Waals surface area contributed by atoms with Gasteiger partial charge in [-0.25, -0.2) is 0 Å². The van der Waals surface area contributed by atoms with E-state index in [1.165, 1.54) is 44.9 Å². The van der Waals surface area contributed by atoms with Crippen molar-refractivity contribution in [2.24, 2.45) is 23.2 Å². The Bertz CT molecular complexity index is 359. The van der Waals surface area contributed by atoms with Gasteiger partial charge in [-0.3, -0.25) is 4.90 Å². The van der Waals surface area contributed by atoms with E-state index in [0.717, 1.165) is 57.2 Å². The second-order valence-corrected chi connectivity index (χ2v) is 8.81. The third kappa shape index (κ3) is 3.92. The molecule has 5 aliphatic rings. The van der Waals surface area contributed by atoms with Gasteiger partial charge in [-0.05, 0) is 68.1 Å². The Morgan fingerprint density at radius 2 is 1.65 bits per heavy atom. The lowest BCUT2D eigenvalue weighted by Crippen LogP contribution is -2.46. The Balaban J connectivity index is 1.16. The van der Waals surface area contributed by atoms with Crippen LogP contribution in [0.5, 0.6) is 0 Å². The third-order valence-electron chi connectivity index (χ3n) is 6.82. The molecule has 0 aromatic heterocycles. The highest BCUT2D eigenvalue weighted by Crippen LogP contribution is 2.61. The summed E-state index contributed by atoms with van der Waals surface area (Å²) >= 11 is 0. The molecule has 1 heterocycles. The van der Waals surface area contributed by atoms with E-state index in [0.29, 0.717) is 12.0 Å². The average Bonchev–Trinajstić information content (AvgIpc) is 2.51. The van der Waals surface area contributed by atoms with Gasteiger partial charge in [0.2, 0.25) is 0 Å². The van der Waals surface area contributed by atoms with Crippen LogP contribution in [0, 0.1) is 23.2 Å². The summed E-state index contributed by atoms with van der Waals surface area (Å²) < 4.78 is 11.2. The van der Waals surface area contributed by atoms with E-state index in [9.17, 15) is 5.11 Å². The maximum absolute atomic E-state index is 10.2. The number of morpholine rings is 1. The molecule has 0 unspecified atom stereocenters. The number of rotatable bonds is 7. The molecule has 0 aromatic rings. The summed E-state index contributed by atoms with van der Waals surface area (Å²) in [7, 11) is 0. The summed E-state index contributed by atoms with van der Waals surface area (Å²) in [6.45, 7) is 5.50. The summed E-state index contributed by atoms with van der Waals surface area (Å²) in [4.78, 5) is 2.27. The van der Waals surface area contributed by atoms with Gasteiger partial charge in [0.25, 0.3) is 0 Å². The summed E-state index contributed by atoms with van der Waals surface area (Å²) in [5.74, 6) is 3.06. The number of ether oxygens (including phenoxy) is 2. The molecule has 0 aromatic carbocycles. The van der Waals surface area contributed by atoms with Crippen LogP contribution < -0.4 is 0 Å². The molecule has 23 heavy (non-hydrogen) atoms. The van der Waals surface area contributed by atoms with Gasteiger partial charge in [0.05, 0.1) is 25.9 Å². The van der Waals surface area contributed by atoms with Crippen LogP contribution in [-0.2, 0) is 9.47 Å². The Hall–Kier alpha value is -0.160. The largest absolute Gasteiger partial charge is 0.389 e. The fourth-order valence-electron chi connectivity index (χ4n) is 6.24. The molecular weight excluding hydrogens is 290 g/mol. The van der Waals surface area contributed by atoms with Crippen LogP contribution in [0.25, 0.3) is 0 Å². The molecule has 1 aliphatic heterocycles. The minimum Gasteiger partial charge on any atom is -0.389 e. The van der Waals surface area contributed by atoms with Gasteiger partial charge >= 0.3 is 0 Å². The Morgan fingerprint density at radius 3 is 2.26 bits per heavy atom. The van der Waals surface area contributed by atoms with E-state index < -0.39 is 0 Å². The van der Waals surface area contributed by atoms with Crippen molar-refractivity contribution in [1.82, 2.24) is 4.90 Å². The summed E-state index contributed by atoms with van der Waals surface area (Å²) in [6, 6.07) is 0. The van der Waals surface area contributed by atoms with E-state index in [1.54, 1.807) is 0 Å². The zero-order valence-electron chi connectivity index (χ0n) is 14.4. The highest BCUT2D eigenvalue weighted by molar-refractivity contribution is 5.01. The second kappa shape index (κ2) is 6.99. The summed E-state index contributed by atoms with van der Waals surface area (Å²) in [6.07, 6.45) is 9.77. The maximum atomic E-state index is 10.2. The first-order valence-corrected chi connectivity index (χ1v) is 9.77. The molecule has 1 saturated heterocycles. The first-order valence-electron chi connectivity index (χ1n) is 9.77. The Kier molecular flexibility index (Phi) is 4.96. The monoisotopic (exact) mass is 323 g/mol. The van der Waals surface area contributed by atoms with Crippen LogP contribution in [0.3, 0.4) is 0 Å². The lowest BCUT2D eigenvalue weighted by atomic mass is 9.49. The van der Waals surface area contributed by atoms with E-state index >= 15 is 0 Å². The summed E-state index contributed by atoms with van der Waals surface area (Å²) in [5, 5.41) is 10.2. The molecule has 4 bridgehead atoms. The van der Waals surface area contributed by atoms with Crippen LogP contribution in [0.1, 0.15) is 44.9 Å². The van der Waals surface area contributed by atoms with Crippen LogP contribution in [0.4, 0.5) is 0 Å². The maximum Gasteiger partial charge on any atom is 0.0900 e. The van der Waals surface area contributed by atoms with E-state index in [2.05, 4.69) is 4.90 Å². The van der Waals surface area contributed by atoms with Crippen LogP contribution in [0.2, 0.25) is 0 Å². The quantitative estimate of drug-likeness (QED) is 0.730. The molecule has 0 amide bonds. The van der Waals surface area contributed by atoms with Crippen molar-refractivity contribution in [3.05, 3.63) is 0 Å². The van der Waals surface area contributed by atoms with Crippen molar-refractivity contribution in [3.63, 3.8) is 0 Å². The lowest BCUT2D eigenvalue weighted by Gasteiger charge is -2.57. The lowest BCUT2D eigenvalue weighted by molar-refractivity contribution is -0.0751. The van der Waals surface area contributed by atoms with Gasteiger partial charge in [-0.15, -0.1) is 0 Å². The predicted molar refractivity (Wildman–Crippen MR) is 89.3 cm³/mol. The van der Waals surface area contributed by atoms with Crippen molar-refractivity contribution in [2.45, 2.75) is 51.0 Å². The molecule has 132 valence electrons. The smallest absolute Gasteiger partial charge is 0.0900 e. The van der Waals surface area contributed by atoms with Gasteiger partial charge in [0.1, 0.15) is 0 Å². The van der Waals surface area contributed by atoms with E-state index in [4.69, 9.17) is 9.47 Å². The fourth-order valence-corrected chi connectivity index (χ4v) is 6.24. The molecule has 0 radical (unpaired) electrons. The minimum atomic E-state index is -0.357. The number of hydrogen-bond donors (Lipinski definition) is 1. The SMILES string of the molecule is O[C@H](COCCC12CC3CC(CC(C3)C1)C2)CN1CCOCC1. The van der Waals surface area contributed by atoms with Gasteiger partial charge in [-0.2, -0.15) is 0 Å². The number of aliphatic hydroxyl groups excluding tert-OH is 1. The number of hydrogen-bond acceptors (Lipinski definition) is 4. The molecule has 5 rings (SSSR count). The first kappa shape index (κ1) is 16.3. The number of β-amino-alcohol motifs (C(OH)–C–C–N with tert-alkyl or cyclic N) is 1. The zero-order valence-corrected chi connectivity index (χ0v) is 14.4.